The summed E-state index contributed by atoms with van der Waals surface area (Å²) in [6.07, 6.45) is 0.328. The molecule has 1 aliphatic rings. The fourth-order valence-corrected chi connectivity index (χ4v) is 2.61. The number of carbonyl (C=O) groups is 2. The van der Waals surface area contributed by atoms with Gasteiger partial charge in [-0.3, -0.25) is 0 Å². The Labute approximate surface area is 110 Å². The zero-order chi connectivity index (χ0) is 14.0. The van der Waals surface area contributed by atoms with Crippen molar-refractivity contribution < 1.29 is 27.5 Å². The molecule has 0 spiro atoms. The van der Waals surface area contributed by atoms with E-state index in [-0.39, 0.29) is 23.5 Å². The predicted octanol–water partition coefficient (Wildman–Crippen LogP) is 0.562. The van der Waals surface area contributed by atoms with E-state index in [2.05, 4.69) is 4.74 Å². The first-order valence-electron chi connectivity index (χ1n) is 5.56. The number of benzene rings is 1. The minimum absolute atomic E-state index is 0.0790. The third-order valence-corrected chi connectivity index (χ3v) is 3.80. The van der Waals surface area contributed by atoms with Crippen LogP contribution in [0.15, 0.2) is 29.2 Å². The average Bonchev–Trinajstić information content (AvgIpc) is 2.74. The summed E-state index contributed by atoms with van der Waals surface area (Å²) in [5.74, 6) is -1.45. The van der Waals surface area contributed by atoms with E-state index >= 15 is 0 Å². The highest BCUT2D eigenvalue weighted by Gasteiger charge is 2.31. The van der Waals surface area contributed by atoms with Gasteiger partial charge in [-0.2, -0.15) is 0 Å². The van der Waals surface area contributed by atoms with Crippen LogP contribution in [0.2, 0.25) is 0 Å². The van der Waals surface area contributed by atoms with Crippen molar-refractivity contribution in [3.8, 4) is 0 Å². The fourth-order valence-electron chi connectivity index (χ4n) is 1.74. The molecule has 1 saturated heterocycles. The highest BCUT2D eigenvalue weighted by molar-refractivity contribution is 7.90. The van der Waals surface area contributed by atoms with E-state index in [4.69, 9.17) is 4.74 Å². The van der Waals surface area contributed by atoms with E-state index in [1.165, 1.54) is 24.3 Å². The predicted molar refractivity (Wildman–Crippen MR) is 64.3 cm³/mol. The number of hydrogen-bond acceptors (Lipinski definition) is 6. The lowest BCUT2D eigenvalue weighted by atomic mass is 10.2. The zero-order valence-electron chi connectivity index (χ0n) is 10.2. The van der Waals surface area contributed by atoms with Crippen molar-refractivity contribution in [3.63, 3.8) is 0 Å². The van der Waals surface area contributed by atoms with Crippen LogP contribution >= 0.6 is 0 Å². The zero-order valence-corrected chi connectivity index (χ0v) is 11.0. The van der Waals surface area contributed by atoms with E-state index in [0.717, 1.165) is 6.26 Å². The molecular weight excluding hydrogens is 272 g/mol. The molecule has 0 aromatic heterocycles. The highest BCUT2D eigenvalue weighted by Crippen LogP contribution is 2.19. The maximum absolute atomic E-state index is 11.9. The molecule has 0 N–H and O–H groups in total. The third kappa shape index (κ3) is 2.93. The van der Waals surface area contributed by atoms with Gasteiger partial charge in [-0.15, -0.1) is 0 Å². The molecule has 0 amide bonds. The molecular formula is C12H12O6S. The Balaban J connectivity index is 2.27. The van der Waals surface area contributed by atoms with Gasteiger partial charge in [0.15, 0.2) is 9.84 Å². The van der Waals surface area contributed by atoms with Crippen LogP contribution in [-0.2, 0) is 24.1 Å². The molecule has 0 unspecified atom stereocenters. The number of rotatable bonds is 3. The Morgan fingerprint density at radius 1 is 1.37 bits per heavy atom. The smallest absolute Gasteiger partial charge is 0.347 e. The van der Waals surface area contributed by atoms with E-state index in [9.17, 15) is 18.0 Å². The molecule has 0 bridgehead atoms. The maximum Gasteiger partial charge on any atom is 0.347 e. The van der Waals surface area contributed by atoms with Gasteiger partial charge >= 0.3 is 11.9 Å². The van der Waals surface area contributed by atoms with Gasteiger partial charge in [-0.25, -0.2) is 18.0 Å². The van der Waals surface area contributed by atoms with Gasteiger partial charge in [0, 0.05) is 12.7 Å². The van der Waals surface area contributed by atoms with Gasteiger partial charge < -0.3 is 9.47 Å². The van der Waals surface area contributed by atoms with Crippen LogP contribution in [-0.4, -0.2) is 39.3 Å². The minimum atomic E-state index is -3.54. The van der Waals surface area contributed by atoms with Crippen LogP contribution in [0.1, 0.15) is 16.8 Å². The van der Waals surface area contributed by atoms with E-state index in [1.807, 2.05) is 0 Å². The van der Waals surface area contributed by atoms with Crippen LogP contribution in [0, 0.1) is 0 Å². The van der Waals surface area contributed by atoms with Crippen molar-refractivity contribution in [1.82, 2.24) is 0 Å². The van der Waals surface area contributed by atoms with Crippen LogP contribution in [0.5, 0.6) is 0 Å². The molecule has 2 rings (SSSR count). The Kier molecular flexibility index (Phi) is 3.57. The van der Waals surface area contributed by atoms with Gasteiger partial charge in [0.1, 0.15) is 0 Å². The second-order valence-corrected chi connectivity index (χ2v) is 6.10. The fraction of sp³-hybridized carbons (Fsp3) is 0.333. The summed E-state index contributed by atoms with van der Waals surface area (Å²) < 4.78 is 32.8. The van der Waals surface area contributed by atoms with Crippen molar-refractivity contribution in [1.29, 1.82) is 0 Å². The SMILES string of the molecule is CS(=O)(=O)c1ccccc1C(=O)O[C@@H]1CCOC1=O. The lowest BCUT2D eigenvalue weighted by Crippen LogP contribution is -2.23. The third-order valence-electron chi connectivity index (χ3n) is 2.64. The lowest BCUT2D eigenvalue weighted by molar-refractivity contribution is -0.145. The van der Waals surface area contributed by atoms with Crippen LogP contribution in [0.3, 0.4) is 0 Å². The number of cyclic esters (lactones) is 1. The molecule has 1 aromatic rings. The van der Waals surface area contributed by atoms with Crippen molar-refractivity contribution in [2.75, 3.05) is 12.9 Å². The molecule has 6 nitrogen and oxygen atoms in total. The van der Waals surface area contributed by atoms with Crippen molar-refractivity contribution in [2.24, 2.45) is 0 Å². The molecule has 19 heavy (non-hydrogen) atoms. The van der Waals surface area contributed by atoms with Gasteiger partial charge in [0.05, 0.1) is 17.1 Å². The molecule has 1 aliphatic heterocycles. The highest BCUT2D eigenvalue weighted by atomic mass is 32.2. The Bertz CT molecular complexity index is 619. The largest absolute Gasteiger partial charge is 0.463 e. The molecule has 1 heterocycles. The topological polar surface area (TPSA) is 86.7 Å². The average molecular weight is 284 g/mol. The van der Waals surface area contributed by atoms with Crippen molar-refractivity contribution >= 4 is 21.8 Å². The van der Waals surface area contributed by atoms with Crippen LogP contribution in [0.25, 0.3) is 0 Å². The molecule has 7 heteroatoms. The Morgan fingerprint density at radius 3 is 2.63 bits per heavy atom. The first kappa shape index (κ1) is 13.5. The summed E-state index contributed by atoms with van der Waals surface area (Å²) in [6.45, 7) is 0.199. The van der Waals surface area contributed by atoms with E-state index in [0.29, 0.717) is 0 Å². The van der Waals surface area contributed by atoms with Gasteiger partial charge in [-0.1, -0.05) is 12.1 Å². The van der Waals surface area contributed by atoms with Crippen LogP contribution in [0.4, 0.5) is 0 Å². The van der Waals surface area contributed by atoms with E-state index in [1.54, 1.807) is 0 Å². The minimum Gasteiger partial charge on any atom is -0.463 e. The number of hydrogen-bond donors (Lipinski definition) is 0. The summed E-state index contributed by atoms with van der Waals surface area (Å²) in [7, 11) is -3.54. The van der Waals surface area contributed by atoms with E-state index < -0.39 is 27.9 Å². The number of esters is 2. The number of sulfone groups is 1. The molecule has 0 aliphatic carbocycles. The monoisotopic (exact) mass is 284 g/mol. The Morgan fingerprint density at radius 2 is 2.05 bits per heavy atom. The number of carbonyl (C=O) groups excluding carboxylic acids is 2. The molecule has 1 fully saturated rings. The molecule has 1 aromatic carbocycles. The first-order chi connectivity index (χ1) is 8.89. The summed E-state index contributed by atoms with van der Waals surface area (Å²) in [5.41, 5.74) is -0.0790. The van der Waals surface area contributed by atoms with Crippen LogP contribution < -0.4 is 0 Å². The first-order valence-corrected chi connectivity index (χ1v) is 7.45. The Hall–Kier alpha value is -1.89. The summed E-state index contributed by atoms with van der Waals surface area (Å²) in [4.78, 5) is 23.0. The maximum atomic E-state index is 11.9. The van der Waals surface area contributed by atoms with Crippen molar-refractivity contribution in [3.05, 3.63) is 29.8 Å². The second-order valence-electron chi connectivity index (χ2n) is 4.12. The quantitative estimate of drug-likeness (QED) is 0.754. The molecule has 1 atom stereocenters. The van der Waals surface area contributed by atoms with Gasteiger partial charge in [-0.05, 0) is 12.1 Å². The normalized spacial score (nSPS) is 19.0. The number of ether oxygens (including phenoxy) is 2. The van der Waals surface area contributed by atoms with Crippen molar-refractivity contribution in [2.45, 2.75) is 17.4 Å². The summed E-state index contributed by atoms with van der Waals surface area (Å²) >= 11 is 0. The summed E-state index contributed by atoms with van der Waals surface area (Å²) in [5, 5.41) is 0. The van der Waals surface area contributed by atoms with Gasteiger partial charge in [0.2, 0.25) is 6.10 Å². The second kappa shape index (κ2) is 5.00. The lowest BCUT2D eigenvalue weighted by Gasteiger charge is -2.10. The summed E-state index contributed by atoms with van der Waals surface area (Å²) in [6, 6.07) is 5.70. The van der Waals surface area contributed by atoms with Gasteiger partial charge in [0.25, 0.3) is 0 Å². The molecule has 0 saturated carbocycles. The standard InChI is InChI=1S/C12H12O6S/c1-19(15,16)10-5-3-2-4-8(10)11(13)18-9-6-7-17-12(9)14/h2-5,9H,6-7H2,1H3/t9-/m1/s1. The molecule has 102 valence electrons. The molecule has 0 radical (unpaired) electrons.